The third kappa shape index (κ3) is 4.08. The van der Waals surface area contributed by atoms with Crippen LogP contribution in [0.3, 0.4) is 0 Å². The first kappa shape index (κ1) is 15.1. The predicted molar refractivity (Wildman–Crippen MR) is 72.9 cm³/mol. The van der Waals surface area contributed by atoms with Gasteiger partial charge in [0, 0.05) is 19.1 Å². The van der Waals surface area contributed by atoms with Crippen molar-refractivity contribution < 1.29 is 14.6 Å². The molecule has 0 aliphatic heterocycles. The lowest BCUT2D eigenvalue weighted by Crippen LogP contribution is -2.36. The monoisotopic (exact) mass is 271 g/mol. The van der Waals surface area contributed by atoms with Crippen LogP contribution in [0, 0.1) is 0 Å². The maximum absolute atomic E-state index is 11.6. The van der Waals surface area contributed by atoms with Crippen molar-refractivity contribution in [1.29, 1.82) is 0 Å². The number of esters is 1. The molecule has 1 atom stereocenters. The minimum Gasteiger partial charge on any atom is -0.465 e. The highest BCUT2D eigenvalue weighted by molar-refractivity contribution is 7.12. The molecule has 0 fully saturated rings. The molecule has 18 heavy (non-hydrogen) atoms. The predicted octanol–water partition coefficient (Wildman–Crippen LogP) is 2.13. The van der Waals surface area contributed by atoms with Gasteiger partial charge in [0.05, 0.1) is 13.2 Å². The van der Waals surface area contributed by atoms with Gasteiger partial charge in [0.25, 0.3) is 0 Å². The van der Waals surface area contributed by atoms with E-state index in [0.29, 0.717) is 24.0 Å². The molecule has 0 aliphatic rings. The standard InChI is InChI=1S/C13H21NO3S/c1-9(2)14(7-10(3)15)8-11-5-6-18-12(11)13(16)17-4/h5-6,9-10,15H,7-8H2,1-4H3. The van der Waals surface area contributed by atoms with E-state index < -0.39 is 0 Å². The summed E-state index contributed by atoms with van der Waals surface area (Å²) in [5.41, 5.74) is 0.959. The van der Waals surface area contributed by atoms with Gasteiger partial charge in [-0.1, -0.05) is 0 Å². The molecule has 0 radical (unpaired) electrons. The van der Waals surface area contributed by atoms with Crippen LogP contribution in [-0.4, -0.2) is 41.8 Å². The van der Waals surface area contributed by atoms with Gasteiger partial charge in [0.1, 0.15) is 4.88 Å². The largest absolute Gasteiger partial charge is 0.465 e. The molecule has 1 rings (SSSR count). The smallest absolute Gasteiger partial charge is 0.348 e. The van der Waals surface area contributed by atoms with Crippen LogP contribution in [0.2, 0.25) is 0 Å². The number of ether oxygens (including phenoxy) is 1. The van der Waals surface area contributed by atoms with E-state index in [2.05, 4.69) is 18.7 Å². The first-order valence-electron chi connectivity index (χ1n) is 6.02. The van der Waals surface area contributed by atoms with E-state index >= 15 is 0 Å². The zero-order valence-corrected chi connectivity index (χ0v) is 12.2. The Bertz CT molecular complexity index is 387. The molecule has 0 aliphatic carbocycles. The highest BCUT2D eigenvalue weighted by Gasteiger charge is 2.18. The molecule has 1 unspecified atom stereocenters. The number of hydrogen-bond acceptors (Lipinski definition) is 5. The molecule has 102 valence electrons. The van der Waals surface area contributed by atoms with Crippen molar-refractivity contribution in [1.82, 2.24) is 4.90 Å². The lowest BCUT2D eigenvalue weighted by Gasteiger charge is -2.27. The second-order valence-corrected chi connectivity index (χ2v) is 5.55. The summed E-state index contributed by atoms with van der Waals surface area (Å²) in [4.78, 5) is 14.4. The fraction of sp³-hybridized carbons (Fsp3) is 0.615. The number of aliphatic hydroxyl groups excluding tert-OH is 1. The fourth-order valence-electron chi connectivity index (χ4n) is 1.75. The summed E-state index contributed by atoms with van der Waals surface area (Å²) in [6.07, 6.45) is -0.382. The first-order chi connectivity index (χ1) is 8.45. The van der Waals surface area contributed by atoms with Crippen molar-refractivity contribution in [3.05, 3.63) is 21.9 Å². The quantitative estimate of drug-likeness (QED) is 0.805. The number of carbonyl (C=O) groups excluding carboxylic acids is 1. The second kappa shape index (κ2) is 6.87. The average molecular weight is 271 g/mol. The number of nitrogens with zero attached hydrogens (tertiary/aromatic N) is 1. The molecule has 1 N–H and O–H groups in total. The van der Waals surface area contributed by atoms with Crippen molar-refractivity contribution in [3.63, 3.8) is 0 Å². The Hall–Kier alpha value is -0.910. The van der Waals surface area contributed by atoms with Crippen molar-refractivity contribution in [2.45, 2.75) is 39.5 Å². The minimum absolute atomic E-state index is 0.291. The molecule has 0 bridgehead atoms. The van der Waals surface area contributed by atoms with Crippen LogP contribution in [0.25, 0.3) is 0 Å². The van der Waals surface area contributed by atoms with Crippen LogP contribution in [-0.2, 0) is 11.3 Å². The van der Waals surface area contributed by atoms with Crippen molar-refractivity contribution in [2.75, 3.05) is 13.7 Å². The van der Waals surface area contributed by atoms with Gasteiger partial charge < -0.3 is 9.84 Å². The lowest BCUT2D eigenvalue weighted by atomic mass is 10.2. The summed E-state index contributed by atoms with van der Waals surface area (Å²) in [6.45, 7) is 7.16. The van der Waals surface area contributed by atoms with Crippen LogP contribution in [0.15, 0.2) is 11.4 Å². The molecule has 1 aromatic rings. The normalized spacial score (nSPS) is 13.1. The Kier molecular flexibility index (Phi) is 5.78. The third-order valence-electron chi connectivity index (χ3n) is 2.72. The lowest BCUT2D eigenvalue weighted by molar-refractivity contribution is 0.0602. The maximum atomic E-state index is 11.6. The summed E-state index contributed by atoms with van der Waals surface area (Å²) >= 11 is 1.39. The van der Waals surface area contributed by atoms with Crippen LogP contribution in [0.5, 0.6) is 0 Å². The van der Waals surface area contributed by atoms with E-state index in [9.17, 15) is 9.90 Å². The zero-order valence-electron chi connectivity index (χ0n) is 11.3. The van der Waals surface area contributed by atoms with E-state index in [1.165, 1.54) is 18.4 Å². The summed E-state index contributed by atoms with van der Waals surface area (Å²) in [5.74, 6) is -0.291. The van der Waals surface area contributed by atoms with E-state index in [1.807, 2.05) is 11.4 Å². The van der Waals surface area contributed by atoms with E-state index in [-0.39, 0.29) is 12.1 Å². The Morgan fingerprint density at radius 3 is 2.67 bits per heavy atom. The Balaban J connectivity index is 2.81. The van der Waals surface area contributed by atoms with Crippen LogP contribution in [0.4, 0.5) is 0 Å². The minimum atomic E-state index is -0.382. The molecular weight excluding hydrogens is 250 g/mol. The average Bonchev–Trinajstić information content (AvgIpc) is 2.74. The molecule has 0 saturated heterocycles. The van der Waals surface area contributed by atoms with Crippen LogP contribution >= 0.6 is 11.3 Å². The highest BCUT2D eigenvalue weighted by Crippen LogP contribution is 2.20. The highest BCUT2D eigenvalue weighted by atomic mass is 32.1. The number of hydrogen-bond donors (Lipinski definition) is 1. The summed E-state index contributed by atoms with van der Waals surface area (Å²) in [7, 11) is 1.39. The van der Waals surface area contributed by atoms with Gasteiger partial charge in [-0.05, 0) is 37.8 Å². The van der Waals surface area contributed by atoms with Crippen LogP contribution < -0.4 is 0 Å². The SMILES string of the molecule is COC(=O)c1sccc1CN(CC(C)O)C(C)C. The molecule has 5 heteroatoms. The van der Waals surface area contributed by atoms with E-state index in [0.717, 1.165) is 5.56 Å². The number of aliphatic hydroxyl groups is 1. The van der Waals surface area contributed by atoms with Gasteiger partial charge in [-0.15, -0.1) is 11.3 Å². The molecule has 4 nitrogen and oxygen atoms in total. The van der Waals surface area contributed by atoms with E-state index in [4.69, 9.17) is 4.74 Å². The maximum Gasteiger partial charge on any atom is 0.348 e. The Morgan fingerprint density at radius 1 is 1.50 bits per heavy atom. The number of thiophene rings is 1. The number of carbonyl (C=O) groups is 1. The summed E-state index contributed by atoms with van der Waals surface area (Å²) in [5, 5.41) is 11.4. The van der Waals surface area contributed by atoms with Gasteiger partial charge in [-0.25, -0.2) is 4.79 Å². The first-order valence-corrected chi connectivity index (χ1v) is 6.90. The Labute approximate surface area is 112 Å². The summed E-state index contributed by atoms with van der Waals surface area (Å²) in [6, 6.07) is 2.25. The van der Waals surface area contributed by atoms with Gasteiger partial charge in [-0.3, -0.25) is 4.90 Å². The number of rotatable bonds is 6. The van der Waals surface area contributed by atoms with E-state index in [1.54, 1.807) is 6.92 Å². The van der Waals surface area contributed by atoms with Crippen molar-refractivity contribution >= 4 is 17.3 Å². The number of methoxy groups -OCH3 is 1. The molecular formula is C13H21NO3S. The van der Waals surface area contributed by atoms with Gasteiger partial charge >= 0.3 is 5.97 Å². The molecule has 0 spiro atoms. The zero-order chi connectivity index (χ0) is 13.7. The molecule has 0 aromatic carbocycles. The molecule has 0 amide bonds. The second-order valence-electron chi connectivity index (χ2n) is 4.64. The molecule has 1 aromatic heterocycles. The fourth-order valence-corrected chi connectivity index (χ4v) is 2.58. The third-order valence-corrected chi connectivity index (χ3v) is 3.66. The van der Waals surface area contributed by atoms with Gasteiger partial charge in [0.15, 0.2) is 0 Å². The topological polar surface area (TPSA) is 49.8 Å². The van der Waals surface area contributed by atoms with Crippen molar-refractivity contribution in [3.8, 4) is 0 Å². The summed E-state index contributed by atoms with van der Waals surface area (Å²) < 4.78 is 4.76. The molecule has 0 saturated carbocycles. The molecule has 1 heterocycles. The van der Waals surface area contributed by atoms with Crippen molar-refractivity contribution in [2.24, 2.45) is 0 Å². The van der Waals surface area contributed by atoms with Crippen LogP contribution in [0.1, 0.15) is 36.0 Å². The van der Waals surface area contributed by atoms with Gasteiger partial charge in [-0.2, -0.15) is 0 Å². The van der Waals surface area contributed by atoms with Gasteiger partial charge in [0.2, 0.25) is 0 Å². The Morgan fingerprint density at radius 2 is 2.17 bits per heavy atom.